The van der Waals surface area contributed by atoms with Crippen LogP contribution in [0.1, 0.15) is 24.1 Å². The molecule has 0 saturated heterocycles. The predicted octanol–water partition coefficient (Wildman–Crippen LogP) is 3.55. The highest BCUT2D eigenvalue weighted by Gasteiger charge is 2.16. The van der Waals surface area contributed by atoms with Crippen molar-refractivity contribution in [1.29, 1.82) is 0 Å². The van der Waals surface area contributed by atoms with Crippen LogP contribution in [-0.4, -0.2) is 28.2 Å². The number of alkyl carbamates (subject to hydrolysis) is 1. The Hall–Kier alpha value is -2.41. The minimum atomic E-state index is -0.909. The first-order chi connectivity index (χ1) is 12.0. The summed E-state index contributed by atoms with van der Waals surface area (Å²) in [6.07, 6.45) is 1.78. The number of carbonyl (C=O) groups is 2. The topological polar surface area (TPSA) is 88.5 Å². The van der Waals surface area contributed by atoms with Crippen LogP contribution in [0.25, 0.3) is 0 Å². The van der Waals surface area contributed by atoms with Gasteiger partial charge in [-0.1, -0.05) is 30.3 Å². The summed E-state index contributed by atoms with van der Waals surface area (Å²) >= 11 is 3.31. The molecule has 0 spiro atoms. The first kappa shape index (κ1) is 18.9. The van der Waals surface area contributed by atoms with E-state index in [1.165, 1.54) is 0 Å². The molecule has 1 heterocycles. The standard InChI is InChI=1S/C18H19BrN2O4/c19-14-6-7-15(20-11-14)10-16(8-9-17(22)23)21-18(24)25-12-13-4-2-1-3-5-13/h1-7,11,16H,8-10,12H2,(H,21,24)(H,22,23). The zero-order chi connectivity index (χ0) is 18.1. The predicted molar refractivity (Wildman–Crippen MR) is 96.1 cm³/mol. The molecular weight excluding hydrogens is 388 g/mol. The first-order valence-electron chi connectivity index (χ1n) is 7.82. The third-order valence-electron chi connectivity index (χ3n) is 3.49. The Morgan fingerprint density at radius 3 is 2.60 bits per heavy atom. The Bertz CT molecular complexity index is 692. The van der Waals surface area contributed by atoms with Crippen LogP contribution in [0.2, 0.25) is 0 Å². The van der Waals surface area contributed by atoms with Crippen LogP contribution in [0.4, 0.5) is 4.79 Å². The van der Waals surface area contributed by atoms with Crippen molar-refractivity contribution in [3.8, 4) is 0 Å². The lowest BCUT2D eigenvalue weighted by Crippen LogP contribution is -2.37. The zero-order valence-corrected chi connectivity index (χ0v) is 15.1. The number of carbonyl (C=O) groups excluding carboxylic acids is 1. The molecule has 1 unspecified atom stereocenters. The Morgan fingerprint density at radius 1 is 1.20 bits per heavy atom. The minimum absolute atomic E-state index is 0.0415. The van der Waals surface area contributed by atoms with Gasteiger partial charge in [0.25, 0.3) is 0 Å². The molecule has 0 saturated carbocycles. The molecule has 0 bridgehead atoms. The number of ether oxygens (including phenoxy) is 1. The Balaban J connectivity index is 1.90. The number of hydrogen-bond donors (Lipinski definition) is 2. The molecule has 25 heavy (non-hydrogen) atoms. The van der Waals surface area contributed by atoms with Gasteiger partial charge >= 0.3 is 12.1 Å². The third-order valence-corrected chi connectivity index (χ3v) is 3.95. The fourth-order valence-electron chi connectivity index (χ4n) is 2.23. The van der Waals surface area contributed by atoms with E-state index in [4.69, 9.17) is 9.84 Å². The van der Waals surface area contributed by atoms with Gasteiger partial charge in [-0.2, -0.15) is 0 Å². The van der Waals surface area contributed by atoms with Gasteiger partial charge in [-0.15, -0.1) is 0 Å². The van der Waals surface area contributed by atoms with E-state index in [0.717, 1.165) is 15.7 Å². The number of hydrogen-bond acceptors (Lipinski definition) is 4. The molecule has 0 radical (unpaired) electrons. The fraction of sp³-hybridized carbons (Fsp3) is 0.278. The van der Waals surface area contributed by atoms with Crippen molar-refractivity contribution >= 4 is 28.0 Å². The number of amides is 1. The van der Waals surface area contributed by atoms with E-state index in [0.29, 0.717) is 12.8 Å². The molecular formula is C18H19BrN2O4. The van der Waals surface area contributed by atoms with Crippen molar-refractivity contribution in [1.82, 2.24) is 10.3 Å². The fourth-order valence-corrected chi connectivity index (χ4v) is 2.47. The van der Waals surface area contributed by atoms with E-state index < -0.39 is 12.1 Å². The van der Waals surface area contributed by atoms with Crippen LogP contribution in [-0.2, 0) is 22.6 Å². The van der Waals surface area contributed by atoms with Gasteiger partial charge in [-0.3, -0.25) is 9.78 Å². The van der Waals surface area contributed by atoms with Crippen LogP contribution in [0.15, 0.2) is 53.1 Å². The van der Waals surface area contributed by atoms with Crippen molar-refractivity contribution in [3.63, 3.8) is 0 Å². The van der Waals surface area contributed by atoms with E-state index in [1.54, 1.807) is 6.20 Å². The van der Waals surface area contributed by atoms with Crippen LogP contribution in [0.3, 0.4) is 0 Å². The molecule has 2 rings (SSSR count). The molecule has 0 aliphatic rings. The maximum Gasteiger partial charge on any atom is 0.407 e. The van der Waals surface area contributed by atoms with Crippen molar-refractivity contribution in [3.05, 3.63) is 64.4 Å². The van der Waals surface area contributed by atoms with Crippen LogP contribution < -0.4 is 5.32 Å². The first-order valence-corrected chi connectivity index (χ1v) is 8.61. The monoisotopic (exact) mass is 406 g/mol. The van der Waals surface area contributed by atoms with Gasteiger partial charge in [0.05, 0.1) is 0 Å². The number of nitrogens with one attached hydrogen (secondary N) is 1. The zero-order valence-electron chi connectivity index (χ0n) is 13.5. The average molecular weight is 407 g/mol. The Labute approximate surface area is 154 Å². The highest BCUT2D eigenvalue weighted by molar-refractivity contribution is 9.10. The number of carboxylic acid groups (broad SMARTS) is 1. The Morgan fingerprint density at radius 2 is 1.96 bits per heavy atom. The number of rotatable bonds is 8. The second-order valence-corrected chi connectivity index (χ2v) is 6.42. The van der Waals surface area contributed by atoms with E-state index in [2.05, 4.69) is 26.2 Å². The lowest BCUT2D eigenvalue weighted by Gasteiger charge is -2.17. The second-order valence-electron chi connectivity index (χ2n) is 5.51. The smallest absolute Gasteiger partial charge is 0.407 e. The molecule has 0 aliphatic heterocycles. The number of benzene rings is 1. The maximum absolute atomic E-state index is 12.0. The molecule has 1 aromatic carbocycles. The molecule has 132 valence electrons. The lowest BCUT2D eigenvalue weighted by molar-refractivity contribution is -0.137. The maximum atomic E-state index is 12.0. The second kappa shape index (κ2) is 9.78. The van der Waals surface area contributed by atoms with Crippen LogP contribution >= 0.6 is 15.9 Å². The van der Waals surface area contributed by atoms with Gasteiger partial charge < -0.3 is 15.2 Å². The molecule has 2 aromatic rings. The quantitative estimate of drug-likeness (QED) is 0.699. The number of halogens is 1. The molecule has 1 atom stereocenters. The van der Waals surface area contributed by atoms with Gasteiger partial charge in [-0.05, 0) is 40.0 Å². The molecule has 7 heteroatoms. The van der Waals surface area contributed by atoms with Crippen molar-refractivity contribution in [2.75, 3.05) is 0 Å². The number of aromatic nitrogens is 1. The molecule has 1 aromatic heterocycles. The molecule has 0 fully saturated rings. The lowest BCUT2D eigenvalue weighted by atomic mass is 10.1. The number of aliphatic carboxylic acids is 1. The van der Waals surface area contributed by atoms with Gasteiger partial charge in [0.2, 0.25) is 0 Å². The average Bonchev–Trinajstić information content (AvgIpc) is 2.60. The summed E-state index contributed by atoms with van der Waals surface area (Å²) in [5.74, 6) is -0.909. The van der Waals surface area contributed by atoms with E-state index >= 15 is 0 Å². The summed E-state index contributed by atoms with van der Waals surface area (Å²) in [6.45, 7) is 0.162. The summed E-state index contributed by atoms with van der Waals surface area (Å²) in [5.41, 5.74) is 1.65. The third kappa shape index (κ3) is 7.34. The summed E-state index contributed by atoms with van der Waals surface area (Å²) in [4.78, 5) is 27.1. The highest BCUT2D eigenvalue weighted by atomic mass is 79.9. The Kier molecular flexibility index (Phi) is 7.40. The summed E-state index contributed by atoms with van der Waals surface area (Å²) in [5, 5.41) is 11.6. The van der Waals surface area contributed by atoms with E-state index in [-0.39, 0.29) is 19.1 Å². The van der Waals surface area contributed by atoms with Crippen molar-refractivity contribution in [2.24, 2.45) is 0 Å². The van der Waals surface area contributed by atoms with Crippen molar-refractivity contribution in [2.45, 2.75) is 31.9 Å². The summed E-state index contributed by atoms with van der Waals surface area (Å²) < 4.78 is 6.05. The highest BCUT2D eigenvalue weighted by Crippen LogP contribution is 2.11. The number of nitrogens with zero attached hydrogens (tertiary/aromatic N) is 1. The molecule has 1 amide bonds. The van der Waals surface area contributed by atoms with Gasteiger partial charge in [0, 0.05) is 35.2 Å². The number of pyridine rings is 1. The molecule has 0 aliphatic carbocycles. The summed E-state index contributed by atoms with van der Waals surface area (Å²) in [6, 6.07) is 12.7. The van der Waals surface area contributed by atoms with Crippen LogP contribution in [0.5, 0.6) is 0 Å². The van der Waals surface area contributed by atoms with Crippen molar-refractivity contribution < 1.29 is 19.4 Å². The normalized spacial score (nSPS) is 11.6. The van der Waals surface area contributed by atoms with Gasteiger partial charge in [0.1, 0.15) is 6.61 Å². The van der Waals surface area contributed by atoms with E-state index in [9.17, 15) is 9.59 Å². The summed E-state index contributed by atoms with van der Waals surface area (Å²) in [7, 11) is 0. The SMILES string of the molecule is O=C(O)CCC(Cc1ccc(Br)cn1)NC(=O)OCc1ccccc1. The van der Waals surface area contributed by atoms with Crippen LogP contribution in [0, 0.1) is 0 Å². The minimum Gasteiger partial charge on any atom is -0.481 e. The molecule has 2 N–H and O–H groups in total. The number of carboxylic acids is 1. The van der Waals surface area contributed by atoms with Gasteiger partial charge in [-0.25, -0.2) is 4.79 Å². The molecule has 6 nitrogen and oxygen atoms in total. The van der Waals surface area contributed by atoms with E-state index in [1.807, 2.05) is 42.5 Å². The largest absolute Gasteiger partial charge is 0.481 e. The van der Waals surface area contributed by atoms with Gasteiger partial charge in [0.15, 0.2) is 0 Å².